The van der Waals surface area contributed by atoms with Crippen LogP contribution in [0.5, 0.6) is 0 Å². The molecule has 0 spiro atoms. The summed E-state index contributed by atoms with van der Waals surface area (Å²) in [7, 11) is 1.95. The van der Waals surface area contributed by atoms with Crippen LogP contribution in [0.1, 0.15) is 46.1 Å². The first kappa shape index (κ1) is 33.7. The van der Waals surface area contributed by atoms with Crippen LogP contribution in [0.15, 0.2) is 42.9 Å². The van der Waals surface area contributed by atoms with Gasteiger partial charge in [-0.2, -0.15) is 5.26 Å². The van der Waals surface area contributed by atoms with Crippen LogP contribution in [0, 0.1) is 17.2 Å². The average Bonchev–Trinajstić information content (AvgIpc) is 3.49. The van der Waals surface area contributed by atoms with Gasteiger partial charge in [-0.05, 0) is 63.3 Å². The second-order valence-electron chi connectivity index (χ2n) is 13.4. The van der Waals surface area contributed by atoms with E-state index in [1.165, 1.54) is 10.9 Å². The standard InChI is InChI=1S/C34H45N9O4/c1-24-11-16-42(29(44)10-14-35)22-28(24)39(5)30-27-13-17-43(31(27)37-23-36-30)32(45)38-26-8-6-25(7-9-26)12-15-40-18-20-41(21-19-40)33(46)47-34(2,3)4/h6-9,13,17,23-24,28H,10-12,15-16,18-22H2,1-5H3,(H,38,45)/t24-,28+/m1/s1. The van der Waals surface area contributed by atoms with Crippen molar-refractivity contribution in [2.24, 2.45) is 5.92 Å². The maximum atomic E-state index is 13.3. The van der Waals surface area contributed by atoms with Crippen LogP contribution in [-0.4, -0.2) is 112 Å². The third kappa shape index (κ3) is 8.18. The monoisotopic (exact) mass is 643 g/mol. The fourth-order valence-electron chi connectivity index (χ4n) is 6.21. The number of carbonyl (C=O) groups excluding carboxylic acids is 3. The molecule has 2 atom stereocenters. The summed E-state index contributed by atoms with van der Waals surface area (Å²) in [6.07, 6.45) is 4.46. The van der Waals surface area contributed by atoms with Gasteiger partial charge in [-0.25, -0.2) is 19.6 Å². The van der Waals surface area contributed by atoms with Crippen LogP contribution >= 0.6 is 0 Å². The zero-order valence-electron chi connectivity index (χ0n) is 28.0. The summed E-state index contributed by atoms with van der Waals surface area (Å²) in [5.41, 5.74) is 1.83. The Bertz CT molecular complexity index is 1620. The van der Waals surface area contributed by atoms with Gasteiger partial charge in [-0.3, -0.25) is 14.3 Å². The highest BCUT2D eigenvalue weighted by Gasteiger charge is 2.33. The van der Waals surface area contributed by atoms with Gasteiger partial charge in [0.1, 0.15) is 24.2 Å². The largest absolute Gasteiger partial charge is 0.444 e. The first-order chi connectivity index (χ1) is 22.4. The van der Waals surface area contributed by atoms with Crippen LogP contribution in [-0.2, 0) is 16.0 Å². The Hall–Kier alpha value is -4.70. The summed E-state index contributed by atoms with van der Waals surface area (Å²) in [6, 6.07) is 11.3. The van der Waals surface area contributed by atoms with Gasteiger partial charge in [-0.1, -0.05) is 19.1 Å². The van der Waals surface area contributed by atoms with Gasteiger partial charge in [0.25, 0.3) is 0 Å². The van der Waals surface area contributed by atoms with Gasteiger partial charge in [0.15, 0.2) is 5.65 Å². The average molecular weight is 644 g/mol. The van der Waals surface area contributed by atoms with Crippen LogP contribution < -0.4 is 10.2 Å². The van der Waals surface area contributed by atoms with Crippen molar-refractivity contribution >= 4 is 40.6 Å². The maximum Gasteiger partial charge on any atom is 0.410 e. The number of rotatable bonds is 7. The zero-order chi connectivity index (χ0) is 33.7. The lowest BCUT2D eigenvalue weighted by molar-refractivity contribution is -0.131. The van der Waals surface area contributed by atoms with Crippen molar-refractivity contribution in [2.75, 3.05) is 63.1 Å². The van der Waals surface area contributed by atoms with E-state index in [2.05, 4.69) is 32.0 Å². The van der Waals surface area contributed by atoms with Crippen LogP contribution in [0.3, 0.4) is 0 Å². The molecule has 0 aliphatic carbocycles. The molecule has 3 aromatic rings. The van der Waals surface area contributed by atoms with E-state index in [1.807, 2.05) is 64.2 Å². The van der Waals surface area contributed by atoms with Gasteiger partial charge >= 0.3 is 12.1 Å². The number of likely N-dealkylation sites (N-methyl/N-ethyl adjacent to an activating group) is 1. The number of nitriles is 1. The molecule has 3 amide bonds. The molecule has 2 aliphatic rings. The molecular formula is C34H45N9O4. The minimum absolute atomic E-state index is 0.00187. The first-order valence-electron chi connectivity index (χ1n) is 16.2. The molecule has 0 saturated carbocycles. The highest BCUT2D eigenvalue weighted by Crippen LogP contribution is 2.30. The Morgan fingerprint density at radius 2 is 1.77 bits per heavy atom. The van der Waals surface area contributed by atoms with E-state index in [9.17, 15) is 14.4 Å². The molecule has 2 fully saturated rings. The van der Waals surface area contributed by atoms with E-state index in [4.69, 9.17) is 10.00 Å². The van der Waals surface area contributed by atoms with Crippen molar-refractivity contribution in [3.8, 4) is 6.07 Å². The van der Waals surface area contributed by atoms with E-state index in [0.717, 1.165) is 43.4 Å². The number of nitrogens with one attached hydrogen (secondary N) is 1. The molecule has 5 rings (SSSR count). The number of ether oxygens (including phenoxy) is 1. The van der Waals surface area contributed by atoms with Crippen LogP contribution in [0.2, 0.25) is 0 Å². The smallest absolute Gasteiger partial charge is 0.410 e. The number of piperazine rings is 1. The number of amides is 3. The number of aromatic nitrogens is 3. The van der Waals surface area contributed by atoms with Crippen LogP contribution in [0.4, 0.5) is 21.1 Å². The molecule has 2 aromatic heterocycles. The van der Waals surface area contributed by atoms with Crippen molar-refractivity contribution in [1.29, 1.82) is 5.26 Å². The highest BCUT2D eigenvalue weighted by atomic mass is 16.6. The highest BCUT2D eigenvalue weighted by molar-refractivity contribution is 5.99. The number of anilines is 2. The molecule has 0 unspecified atom stereocenters. The lowest BCUT2D eigenvalue weighted by Gasteiger charge is -2.42. The molecule has 13 nitrogen and oxygen atoms in total. The first-order valence-corrected chi connectivity index (χ1v) is 16.2. The molecule has 4 heterocycles. The molecule has 0 bridgehead atoms. The quantitative estimate of drug-likeness (QED) is 0.401. The summed E-state index contributed by atoms with van der Waals surface area (Å²) in [5, 5.41) is 12.7. The number of nitrogens with zero attached hydrogens (tertiary/aromatic N) is 8. The Kier molecular flexibility index (Phi) is 10.3. The van der Waals surface area contributed by atoms with Gasteiger partial charge in [-0.15, -0.1) is 0 Å². The Morgan fingerprint density at radius 3 is 2.45 bits per heavy atom. The molecule has 1 aromatic carbocycles. The molecule has 2 aliphatic heterocycles. The number of likely N-dealkylation sites (tertiary alicyclic amines) is 1. The number of benzene rings is 1. The molecule has 47 heavy (non-hydrogen) atoms. The summed E-state index contributed by atoms with van der Waals surface area (Å²) < 4.78 is 6.97. The molecule has 250 valence electrons. The number of carbonyl (C=O) groups is 3. The van der Waals surface area contributed by atoms with E-state index in [-0.39, 0.29) is 30.5 Å². The van der Waals surface area contributed by atoms with E-state index in [1.54, 1.807) is 16.0 Å². The summed E-state index contributed by atoms with van der Waals surface area (Å²) >= 11 is 0. The lowest BCUT2D eigenvalue weighted by atomic mass is 9.92. The normalized spacial score (nSPS) is 18.9. The fraction of sp³-hybridized carbons (Fsp3) is 0.529. The predicted molar refractivity (Wildman–Crippen MR) is 179 cm³/mol. The summed E-state index contributed by atoms with van der Waals surface area (Å²) in [6.45, 7) is 12.7. The topological polar surface area (TPSA) is 140 Å². The van der Waals surface area contributed by atoms with E-state index >= 15 is 0 Å². The molecular weight excluding hydrogens is 598 g/mol. The fourth-order valence-corrected chi connectivity index (χ4v) is 6.21. The third-order valence-corrected chi connectivity index (χ3v) is 8.96. The Balaban J connectivity index is 1.16. The molecule has 13 heteroatoms. The molecule has 0 radical (unpaired) electrons. The van der Waals surface area contributed by atoms with Crippen LogP contribution in [0.25, 0.3) is 11.0 Å². The van der Waals surface area contributed by atoms with Gasteiger partial charge in [0.2, 0.25) is 5.91 Å². The minimum Gasteiger partial charge on any atom is -0.444 e. The second kappa shape index (κ2) is 14.4. The number of hydrogen-bond acceptors (Lipinski definition) is 9. The minimum atomic E-state index is -0.494. The lowest BCUT2D eigenvalue weighted by Crippen LogP contribution is -2.52. The third-order valence-electron chi connectivity index (χ3n) is 8.96. The Morgan fingerprint density at radius 1 is 1.04 bits per heavy atom. The molecule has 2 saturated heterocycles. The van der Waals surface area contributed by atoms with Crippen molar-refractivity contribution in [3.05, 3.63) is 48.4 Å². The summed E-state index contributed by atoms with van der Waals surface area (Å²) in [4.78, 5) is 55.0. The number of fused-ring (bicyclic) bond motifs is 1. The van der Waals surface area contributed by atoms with Crippen molar-refractivity contribution in [1.82, 2.24) is 29.2 Å². The van der Waals surface area contributed by atoms with Crippen molar-refractivity contribution in [3.63, 3.8) is 0 Å². The summed E-state index contributed by atoms with van der Waals surface area (Å²) in [5.74, 6) is 0.833. The van der Waals surface area contributed by atoms with E-state index in [0.29, 0.717) is 49.2 Å². The van der Waals surface area contributed by atoms with Gasteiger partial charge < -0.3 is 24.8 Å². The zero-order valence-corrected chi connectivity index (χ0v) is 28.0. The van der Waals surface area contributed by atoms with Crippen molar-refractivity contribution < 1.29 is 19.1 Å². The second-order valence-corrected chi connectivity index (χ2v) is 13.4. The Labute approximate surface area is 276 Å². The molecule has 1 N–H and O–H groups in total. The number of piperidine rings is 1. The SMILES string of the molecule is C[C@@H]1CCN(C(=O)CC#N)C[C@@H]1N(C)c1ncnc2c1ccn2C(=O)Nc1ccc(CCN2CCN(C(=O)OC(C)(C)C)CC2)cc1. The van der Waals surface area contributed by atoms with Gasteiger partial charge in [0, 0.05) is 64.7 Å². The predicted octanol–water partition coefficient (Wildman–Crippen LogP) is 4.19. The number of hydrogen-bond donors (Lipinski definition) is 1. The van der Waals surface area contributed by atoms with E-state index < -0.39 is 5.60 Å². The maximum absolute atomic E-state index is 13.3. The van der Waals surface area contributed by atoms with Crippen molar-refractivity contribution in [2.45, 2.75) is 58.6 Å². The van der Waals surface area contributed by atoms with Gasteiger partial charge in [0.05, 0.1) is 17.5 Å².